The molecule has 0 saturated heterocycles. The summed E-state index contributed by atoms with van der Waals surface area (Å²) in [5, 5.41) is 3.36. The minimum atomic E-state index is -3.35. The topological polar surface area (TPSA) is 84.2 Å². The number of benzene rings is 1. The molecule has 19 heavy (non-hydrogen) atoms. The van der Waals surface area contributed by atoms with E-state index in [0.29, 0.717) is 5.41 Å². The van der Waals surface area contributed by atoms with Crippen molar-refractivity contribution in [3.63, 3.8) is 0 Å². The molecule has 4 N–H and O–H groups in total. The average molecular weight is 283 g/mol. The average Bonchev–Trinajstić information content (AvgIpc) is 3.18. The quantitative estimate of drug-likeness (QED) is 0.700. The van der Waals surface area contributed by atoms with E-state index in [0.717, 1.165) is 25.2 Å². The Morgan fingerprint density at radius 1 is 1.26 bits per heavy atom. The second kappa shape index (κ2) is 5.48. The molecule has 0 aliphatic heterocycles. The van der Waals surface area contributed by atoms with Crippen LogP contribution in [0.1, 0.15) is 19.3 Å². The van der Waals surface area contributed by atoms with Gasteiger partial charge in [0.15, 0.2) is 0 Å². The third-order valence-corrected chi connectivity index (χ3v) is 5.16. The first-order valence-corrected chi connectivity index (χ1v) is 7.97. The van der Waals surface area contributed by atoms with Gasteiger partial charge in [-0.3, -0.25) is 0 Å². The summed E-state index contributed by atoms with van der Waals surface area (Å²) in [6.45, 7) is 1.63. The maximum absolute atomic E-state index is 11.6. The summed E-state index contributed by atoms with van der Waals surface area (Å²) in [4.78, 5) is 0.281. The van der Waals surface area contributed by atoms with Crippen molar-refractivity contribution in [1.82, 2.24) is 4.72 Å². The van der Waals surface area contributed by atoms with E-state index in [9.17, 15) is 8.42 Å². The van der Waals surface area contributed by atoms with E-state index < -0.39 is 10.0 Å². The minimum Gasteiger partial charge on any atom is -0.384 e. The van der Waals surface area contributed by atoms with Crippen LogP contribution in [-0.2, 0) is 10.0 Å². The summed E-state index contributed by atoms with van der Waals surface area (Å²) in [5.74, 6) is 0. The summed E-state index contributed by atoms with van der Waals surface area (Å²) in [7, 11) is -1.94. The fourth-order valence-electron chi connectivity index (χ4n) is 2.16. The van der Waals surface area contributed by atoms with Gasteiger partial charge in [0.25, 0.3) is 0 Å². The molecule has 1 aliphatic carbocycles. The number of sulfonamides is 1. The van der Waals surface area contributed by atoms with Gasteiger partial charge >= 0.3 is 0 Å². The normalized spacial score (nSPS) is 17.2. The molecule has 0 bridgehead atoms. The molecule has 106 valence electrons. The van der Waals surface area contributed by atoms with E-state index in [1.807, 2.05) is 0 Å². The minimum absolute atomic E-state index is 0.281. The fourth-order valence-corrected chi connectivity index (χ4v) is 2.89. The SMILES string of the molecule is CNS(=O)(=O)c1ccc(NCC2(CCN)CC2)cc1. The van der Waals surface area contributed by atoms with Crippen LogP contribution in [-0.4, -0.2) is 28.6 Å². The lowest BCUT2D eigenvalue weighted by atomic mass is 10.0. The smallest absolute Gasteiger partial charge is 0.240 e. The Bertz CT molecular complexity index is 521. The van der Waals surface area contributed by atoms with Gasteiger partial charge in [-0.1, -0.05) is 0 Å². The lowest BCUT2D eigenvalue weighted by Crippen LogP contribution is -2.20. The second-order valence-electron chi connectivity index (χ2n) is 5.12. The first-order chi connectivity index (χ1) is 9.01. The number of hydrogen-bond donors (Lipinski definition) is 3. The summed E-state index contributed by atoms with van der Waals surface area (Å²) < 4.78 is 25.5. The van der Waals surface area contributed by atoms with Crippen LogP contribution in [0, 0.1) is 5.41 Å². The molecule has 2 rings (SSSR count). The van der Waals surface area contributed by atoms with E-state index in [4.69, 9.17) is 5.73 Å². The van der Waals surface area contributed by atoms with Crippen LogP contribution in [0.4, 0.5) is 5.69 Å². The molecule has 1 fully saturated rings. The zero-order valence-corrected chi connectivity index (χ0v) is 12.0. The van der Waals surface area contributed by atoms with Crippen molar-refractivity contribution < 1.29 is 8.42 Å². The van der Waals surface area contributed by atoms with Crippen molar-refractivity contribution in [3.8, 4) is 0 Å². The molecular formula is C13H21N3O2S. The molecular weight excluding hydrogens is 262 g/mol. The van der Waals surface area contributed by atoms with Gasteiger partial charge in [-0.15, -0.1) is 0 Å². The third-order valence-electron chi connectivity index (χ3n) is 3.73. The van der Waals surface area contributed by atoms with E-state index in [1.165, 1.54) is 19.9 Å². The van der Waals surface area contributed by atoms with Crippen molar-refractivity contribution in [2.45, 2.75) is 24.2 Å². The Hall–Kier alpha value is -1.11. The van der Waals surface area contributed by atoms with Gasteiger partial charge in [0.2, 0.25) is 10.0 Å². The maximum atomic E-state index is 11.6. The van der Waals surface area contributed by atoms with Gasteiger partial charge in [0, 0.05) is 12.2 Å². The molecule has 0 unspecified atom stereocenters. The van der Waals surface area contributed by atoms with Gasteiger partial charge in [-0.2, -0.15) is 0 Å². The van der Waals surface area contributed by atoms with Crippen molar-refractivity contribution in [3.05, 3.63) is 24.3 Å². The highest BCUT2D eigenvalue weighted by Crippen LogP contribution is 2.48. The van der Waals surface area contributed by atoms with Crippen LogP contribution < -0.4 is 15.8 Å². The van der Waals surface area contributed by atoms with Crippen molar-refractivity contribution in [2.75, 3.05) is 25.5 Å². The van der Waals surface area contributed by atoms with Crippen molar-refractivity contribution >= 4 is 15.7 Å². The van der Waals surface area contributed by atoms with Crippen molar-refractivity contribution in [2.24, 2.45) is 11.1 Å². The Kier molecular flexibility index (Phi) is 4.13. The molecule has 0 aromatic heterocycles. The monoisotopic (exact) mass is 283 g/mol. The summed E-state index contributed by atoms with van der Waals surface area (Å²) in [6.07, 6.45) is 3.50. The van der Waals surface area contributed by atoms with Gasteiger partial charge in [-0.05, 0) is 62.5 Å². The van der Waals surface area contributed by atoms with Crippen LogP contribution in [0.5, 0.6) is 0 Å². The Balaban J connectivity index is 1.96. The summed E-state index contributed by atoms with van der Waals surface area (Å²) in [5.41, 5.74) is 6.91. The number of anilines is 1. The zero-order chi connectivity index (χ0) is 13.9. The molecule has 5 nitrogen and oxygen atoms in total. The molecule has 1 saturated carbocycles. The van der Waals surface area contributed by atoms with Crippen LogP contribution in [0.2, 0.25) is 0 Å². The summed E-state index contributed by atoms with van der Waals surface area (Å²) in [6, 6.07) is 6.80. The second-order valence-corrected chi connectivity index (χ2v) is 7.01. The van der Waals surface area contributed by atoms with Crippen LogP contribution in [0.3, 0.4) is 0 Å². The molecule has 0 spiro atoms. The largest absolute Gasteiger partial charge is 0.384 e. The lowest BCUT2D eigenvalue weighted by molar-refractivity contribution is 0.501. The Labute approximate surface area is 114 Å². The van der Waals surface area contributed by atoms with E-state index >= 15 is 0 Å². The number of nitrogens with two attached hydrogens (primary N) is 1. The Morgan fingerprint density at radius 2 is 1.89 bits per heavy atom. The van der Waals surface area contributed by atoms with Crippen LogP contribution >= 0.6 is 0 Å². The molecule has 0 radical (unpaired) electrons. The molecule has 6 heteroatoms. The molecule has 0 heterocycles. The predicted octanol–water partition coefficient (Wildman–Crippen LogP) is 1.14. The maximum Gasteiger partial charge on any atom is 0.240 e. The van der Waals surface area contributed by atoms with Crippen LogP contribution in [0.25, 0.3) is 0 Å². The molecule has 0 amide bonds. The number of hydrogen-bond acceptors (Lipinski definition) is 4. The van der Waals surface area contributed by atoms with Gasteiger partial charge in [0.1, 0.15) is 0 Å². The molecule has 1 aliphatic rings. The van der Waals surface area contributed by atoms with Crippen LogP contribution in [0.15, 0.2) is 29.2 Å². The third kappa shape index (κ3) is 3.46. The predicted molar refractivity (Wildman–Crippen MR) is 76.5 cm³/mol. The van der Waals surface area contributed by atoms with Gasteiger partial charge in [-0.25, -0.2) is 13.1 Å². The summed E-state index contributed by atoms with van der Waals surface area (Å²) >= 11 is 0. The van der Waals surface area contributed by atoms with E-state index in [2.05, 4.69) is 10.0 Å². The fraction of sp³-hybridized carbons (Fsp3) is 0.538. The van der Waals surface area contributed by atoms with E-state index in [1.54, 1.807) is 24.3 Å². The lowest BCUT2D eigenvalue weighted by Gasteiger charge is -2.16. The van der Waals surface area contributed by atoms with Gasteiger partial charge < -0.3 is 11.1 Å². The molecule has 1 aromatic rings. The highest BCUT2D eigenvalue weighted by atomic mass is 32.2. The zero-order valence-electron chi connectivity index (χ0n) is 11.1. The number of nitrogens with one attached hydrogen (secondary N) is 2. The first-order valence-electron chi connectivity index (χ1n) is 6.49. The van der Waals surface area contributed by atoms with Crippen molar-refractivity contribution in [1.29, 1.82) is 0 Å². The van der Waals surface area contributed by atoms with E-state index in [-0.39, 0.29) is 4.90 Å². The number of rotatable bonds is 7. The Morgan fingerprint density at radius 3 is 2.37 bits per heavy atom. The standard InChI is InChI=1S/C13H21N3O2S/c1-15-19(17,18)12-4-2-11(3-5-12)16-10-13(6-7-13)8-9-14/h2-5,15-16H,6-10,14H2,1H3. The highest BCUT2D eigenvalue weighted by Gasteiger charge is 2.41. The molecule has 0 atom stereocenters. The van der Waals surface area contributed by atoms with Gasteiger partial charge in [0.05, 0.1) is 4.90 Å². The molecule has 1 aromatic carbocycles. The highest BCUT2D eigenvalue weighted by molar-refractivity contribution is 7.89. The first kappa shape index (κ1) is 14.3.